The highest BCUT2D eigenvalue weighted by atomic mass is 79.9. The molecule has 0 aliphatic heterocycles. The van der Waals surface area contributed by atoms with Crippen molar-refractivity contribution in [3.63, 3.8) is 0 Å². The molecule has 2 nitrogen and oxygen atoms in total. The van der Waals surface area contributed by atoms with Crippen molar-refractivity contribution in [1.82, 2.24) is 0 Å². The van der Waals surface area contributed by atoms with Crippen LogP contribution < -0.4 is 4.74 Å². The highest BCUT2D eigenvalue weighted by Crippen LogP contribution is 2.26. The number of rotatable bonds is 6. The quantitative estimate of drug-likeness (QED) is 0.589. The van der Waals surface area contributed by atoms with Crippen molar-refractivity contribution < 1.29 is 9.47 Å². The molecule has 0 spiro atoms. The SMILES string of the molecule is CCOCCOc1ccc(CCl)cc1Br. The fraction of sp³-hybridized carbons (Fsp3) is 0.455. The Balaban J connectivity index is 2.47. The minimum Gasteiger partial charge on any atom is -0.490 e. The summed E-state index contributed by atoms with van der Waals surface area (Å²) in [5, 5.41) is 0. The van der Waals surface area contributed by atoms with Crippen LogP contribution in [0.1, 0.15) is 12.5 Å². The first-order valence-electron chi connectivity index (χ1n) is 4.83. The van der Waals surface area contributed by atoms with Crippen molar-refractivity contribution >= 4 is 27.5 Å². The highest BCUT2D eigenvalue weighted by molar-refractivity contribution is 9.10. The van der Waals surface area contributed by atoms with Gasteiger partial charge in [-0.05, 0) is 40.5 Å². The highest BCUT2D eigenvalue weighted by Gasteiger charge is 2.01. The molecule has 0 heterocycles. The fourth-order valence-electron chi connectivity index (χ4n) is 1.10. The number of halogens is 2. The zero-order valence-corrected chi connectivity index (χ0v) is 11.0. The summed E-state index contributed by atoms with van der Waals surface area (Å²) in [5.41, 5.74) is 1.07. The lowest BCUT2D eigenvalue weighted by Gasteiger charge is -2.08. The summed E-state index contributed by atoms with van der Waals surface area (Å²) < 4.78 is 11.6. The van der Waals surface area contributed by atoms with Crippen LogP contribution in [0.15, 0.2) is 22.7 Å². The van der Waals surface area contributed by atoms with Crippen LogP contribution in [0.5, 0.6) is 5.75 Å². The number of hydrogen-bond donors (Lipinski definition) is 0. The molecule has 84 valence electrons. The average molecular weight is 294 g/mol. The van der Waals surface area contributed by atoms with E-state index < -0.39 is 0 Å². The summed E-state index contributed by atoms with van der Waals surface area (Å²) in [6.07, 6.45) is 0. The molecule has 0 atom stereocenters. The predicted octanol–water partition coefficient (Wildman–Crippen LogP) is 3.60. The number of alkyl halides is 1. The van der Waals surface area contributed by atoms with Crippen LogP contribution in [-0.2, 0) is 10.6 Å². The van der Waals surface area contributed by atoms with Gasteiger partial charge in [-0.2, -0.15) is 0 Å². The van der Waals surface area contributed by atoms with Crippen molar-refractivity contribution in [1.29, 1.82) is 0 Å². The minimum absolute atomic E-state index is 0.512. The van der Waals surface area contributed by atoms with Crippen LogP contribution in [0.25, 0.3) is 0 Å². The van der Waals surface area contributed by atoms with Crippen LogP contribution >= 0.6 is 27.5 Å². The first-order valence-corrected chi connectivity index (χ1v) is 6.15. The molecule has 1 aromatic rings. The summed E-state index contributed by atoms with van der Waals surface area (Å²) in [4.78, 5) is 0. The largest absolute Gasteiger partial charge is 0.490 e. The van der Waals surface area contributed by atoms with E-state index in [-0.39, 0.29) is 0 Å². The predicted molar refractivity (Wildman–Crippen MR) is 65.7 cm³/mol. The number of hydrogen-bond acceptors (Lipinski definition) is 2. The number of ether oxygens (including phenoxy) is 2. The Morgan fingerprint density at radius 3 is 2.73 bits per heavy atom. The first-order chi connectivity index (χ1) is 7.27. The normalized spacial score (nSPS) is 10.3. The molecule has 0 saturated heterocycles. The van der Waals surface area contributed by atoms with Crippen molar-refractivity contribution in [3.05, 3.63) is 28.2 Å². The third-order valence-electron chi connectivity index (χ3n) is 1.84. The molecular weight excluding hydrogens is 279 g/mol. The Hall–Kier alpha value is -0.250. The van der Waals surface area contributed by atoms with E-state index in [1.165, 1.54) is 0 Å². The lowest BCUT2D eigenvalue weighted by atomic mass is 10.2. The second kappa shape index (κ2) is 7.09. The lowest BCUT2D eigenvalue weighted by molar-refractivity contribution is 0.110. The van der Waals surface area contributed by atoms with Crippen molar-refractivity contribution in [2.45, 2.75) is 12.8 Å². The van der Waals surface area contributed by atoms with E-state index in [0.717, 1.165) is 22.4 Å². The monoisotopic (exact) mass is 292 g/mol. The second-order valence-electron chi connectivity index (χ2n) is 2.94. The summed E-state index contributed by atoms with van der Waals surface area (Å²) >= 11 is 9.15. The van der Waals surface area contributed by atoms with Gasteiger partial charge in [0.1, 0.15) is 12.4 Å². The molecule has 0 N–H and O–H groups in total. The summed E-state index contributed by atoms with van der Waals surface area (Å²) in [5.74, 6) is 1.33. The Morgan fingerprint density at radius 1 is 1.33 bits per heavy atom. The number of benzene rings is 1. The minimum atomic E-state index is 0.512. The van der Waals surface area contributed by atoms with Gasteiger partial charge < -0.3 is 9.47 Å². The summed E-state index contributed by atoms with van der Waals surface area (Å²) in [7, 11) is 0. The topological polar surface area (TPSA) is 18.5 Å². The van der Waals surface area contributed by atoms with E-state index >= 15 is 0 Å². The third-order valence-corrected chi connectivity index (χ3v) is 2.77. The molecule has 1 rings (SSSR count). The van der Waals surface area contributed by atoms with Gasteiger partial charge in [-0.3, -0.25) is 0 Å². The van der Waals surface area contributed by atoms with Crippen LogP contribution in [0.2, 0.25) is 0 Å². The molecule has 1 aromatic carbocycles. The third kappa shape index (κ3) is 4.41. The molecule has 15 heavy (non-hydrogen) atoms. The molecule has 0 saturated carbocycles. The van der Waals surface area contributed by atoms with Gasteiger partial charge in [0, 0.05) is 12.5 Å². The Kier molecular flexibility index (Phi) is 6.06. The molecular formula is C11H14BrClO2. The molecule has 0 aromatic heterocycles. The van der Waals surface area contributed by atoms with Gasteiger partial charge in [0.05, 0.1) is 11.1 Å². The Morgan fingerprint density at radius 2 is 2.13 bits per heavy atom. The van der Waals surface area contributed by atoms with Crippen molar-refractivity contribution in [2.24, 2.45) is 0 Å². The second-order valence-corrected chi connectivity index (χ2v) is 4.07. The van der Waals surface area contributed by atoms with Crippen LogP contribution in [0.3, 0.4) is 0 Å². The molecule has 0 aliphatic rings. The molecule has 0 amide bonds. The van der Waals surface area contributed by atoms with Gasteiger partial charge >= 0.3 is 0 Å². The molecule has 0 fully saturated rings. The van der Waals surface area contributed by atoms with E-state index in [1.807, 2.05) is 25.1 Å². The smallest absolute Gasteiger partial charge is 0.133 e. The fourth-order valence-corrected chi connectivity index (χ4v) is 1.81. The molecule has 0 radical (unpaired) electrons. The Labute approximate surface area is 104 Å². The van der Waals surface area contributed by atoms with E-state index in [9.17, 15) is 0 Å². The van der Waals surface area contributed by atoms with E-state index in [0.29, 0.717) is 19.1 Å². The molecule has 0 unspecified atom stereocenters. The summed E-state index contributed by atoms with van der Waals surface area (Å²) in [6.45, 7) is 3.85. The van der Waals surface area contributed by atoms with Crippen LogP contribution in [-0.4, -0.2) is 19.8 Å². The van der Waals surface area contributed by atoms with Gasteiger partial charge in [0.25, 0.3) is 0 Å². The van der Waals surface area contributed by atoms with E-state index in [2.05, 4.69) is 15.9 Å². The average Bonchev–Trinajstić information content (AvgIpc) is 2.26. The molecule has 4 heteroatoms. The van der Waals surface area contributed by atoms with Gasteiger partial charge in [0.2, 0.25) is 0 Å². The van der Waals surface area contributed by atoms with E-state index in [1.54, 1.807) is 0 Å². The van der Waals surface area contributed by atoms with Crippen LogP contribution in [0, 0.1) is 0 Å². The maximum atomic E-state index is 5.72. The van der Waals surface area contributed by atoms with Crippen molar-refractivity contribution in [2.75, 3.05) is 19.8 Å². The van der Waals surface area contributed by atoms with Gasteiger partial charge in [-0.1, -0.05) is 6.07 Å². The molecule has 0 aliphatic carbocycles. The van der Waals surface area contributed by atoms with Gasteiger partial charge in [0.15, 0.2) is 0 Å². The van der Waals surface area contributed by atoms with Gasteiger partial charge in [-0.15, -0.1) is 11.6 Å². The molecule has 0 bridgehead atoms. The lowest BCUT2D eigenvalue weighted by Crippen LogP contribution is -2.06. The van der Waals surface area contributed by atoms with Crippen LogP contribution in [0.4, 0.5) is 0 Å². The summed E-state index contributed by atoms with van der Waals surface area (Å²) in [6, 6.07) is 5.82. The van der Waals surface area contributed by atoms with E-state index in [4.69, 9.17) is 21.1 Å². The standard InChI is InChI=1S/C11H14BrClO2/c1-2-14-5-6-15-11-4-3-9(8-13)7-10(11)12/h3-4,7H,2,5-6,8H2,1H3. The maximum absolute atomic E-state index is 5.72. The Bertz CT molecular complexity index is 305. The zero-order chi connectivity index (χ0) is 11.1. The zero-order valence-electron chi connectivity index (χ0n) is 8.63. The van der Waals surface area contributed by atoms with Gasteiger partial charge in [-0.25, -0.2) is 0 Å². The first kappa shape index (κ1) is 12.8. The van der Waals surface area contributed by atoms with Crippen molar-refractivity contribution in [3.8, 4) is 5.75 Å². The maximum Gasteiger partial charge on any atom is 0.133 e.